The summed E-state index contributed by atoms with van der Waals surface area (Å²) in [6, 6.07) is 17.5. The van der Waals surface area contributed by atoms with Crippen LogP contribution in [0.2, 0.25) is 5.02 Å². The van der Waals surface area contributed by atoms with Gasteiger partial charge in [0.15, 0.2) is 0 Å². The average molecular weight is 468 g/mol. The summed E-state index contributed by atoms with van der Waals surface area (Å²) in [5.74, 6) is 2.19. The molecule has 0 radical (unpaired) electrons. The van der Waals surface area contributed by atoms with Crippen molar-refractivity contribution in [2.24, 2.45) is 5.92 Å². The summed E-state index contributed by atoms with van der Waals surface area (Å²) in [5, 5.41) is 16.1. The van der Waals surface area contributed by atoms with Gasteiger partial charge >= 0.3 is 0 Å². The number of nitrogens with zero attached hydrogens (tertiary/aromatic N) is 3. The fourth-order valence-electron chi connectivity index (χ4n) is 4.13. The Labute approximate surface area is 201 Å². The summed E-state index contributed by atoms with van der Waals surface area (Å²) < 4.78 is 8.25. The van der Waals surface area contributed by atoms with E-state index in [9.17, 15) is 5.11 Å². The minimum absolute atomic E-state index is 0.314. The van der Waals surface area contributed by atoms with Crippen molar-refractivity contribution in [1.82, 2.24) is 14.7 Å². The summed E-state index contributed by atoms with van der Waals surface area (Å²) in [6.45, 7) is 6.54. The highest BCUT2D eigenvalue weighted by atomic mass is 35.5. The predicted octanol–water partition coefficient (Wildman–Crippen LogP) is 6.39. The molecule has 1 aromatic heterocycles. The largest absolute Gasteiger partial charge is 0.439 e. The second-order valence-electron chi connectivity index (χ2n) is 9.11. The number of para-hydroxylation sites is 1. The highest BCUT2D eigenvalue weighted by molar-refractivity contribution is 6.30. The van der Waals surface area contributed by atoms with Crippen LogP contribution < -0.4 is 4.74 Å². The smallest absolute Gasteiger partial charge is 0.227 e. The number of benzene rings is 2. The zero-order chi connectivity index (χ0) is 23.2. The minimum Gasteiger partial charge on any atom is -0.439 e. The number of hydrogen-bond donors (Lipinski definition) is 1. The Morgan fingerprint density at radius 1 is 1.18 bits per heavy atom. The van der Waals surface area contributed by atoms with E-state index in [1.54, 1.807) is 0 Å². The maximum absolute atomic E-state index is 10.6. The second-order valence-corrected chi connectivity index (χ2v) is 9.55. The number of hydrogen-bond acceptors (Lipinski definition) is 4. The summed E-state index contributed by atoms with van der Waals surface area (Å²) in [4.78, 5) is 2.38. The normalized spacial score (nSPS) is 14.6. The van der Waals surface area contributed by atoms with E-state index in [1.165, 1.54) is 12.8 Å². The topological polar surface area (TPSA) is 50.5 Å². The first kappa shape index (κ1) is 23.8. The quantitative estimate of drug-likeness (QED) is 0.335. The van der Waals surface area contributed by atoms with Gasteiger partial charge in [0.1, 0.15) is 5.75 Å². The van der Waals surface area contributed by atoms with Crippen LogP contribution in [-0.4, -0.2) is 39.0 Å². The summed E-state index contributed by atoms with van der Waals surface area (Å²) >= 11 is 6.28. The van der Waals surface area contributed by atoms with Crippen molar-refractivity contribution in [3.63, 3.8) is 0 Å². The molecule has 0 bridgehead atoms. The number of rotatable bonds is 12. The first-order valence-corrected chi connectivity index (χ1v) is 12.4. The van der Waals surface area contributed by atoms with Gasteiger partial charge in [-0.15, -0.1) is 0 Å². The molecule has 1 aliphatic carbocycles. The maximum atomic E-state index is 10.6. The molecule has 33 heavy (non-hydrogen) atoms. The van der Waals surface area contributed by atoms with Crippen LogP contribution in [-0.2, 0) is 6.54 Å². The third kappa shape index (κ3) is 6.59. The third-order valence-corrected chi connectivity index (χ3v) is 6.34. The van der Waals surface area contributed by atoms with Gasteiger partial charge < -0.3 is 9.84 Å². The van der Waals surface area contributed by atoms with Crippen LogP contribution in [0.5, 0.6) is 11.6 Å². The molecule has 0 aliphatic heterocycles. The van der Waals surface area contributed by atoms with Crippen molar-refractivity contribution in [3.8, 4) is 17.3 Å². The zero-order valence-electron chi connectivity index (χ0n) is 19.6. The Morgan fingerprint density at radius 3 is 2.67 bits per heavy atom. The molecule has 1 saturated carbocycles. The minimum atomic E-state index is -0.314. The number of aliphatic hydroxyl groups is 1. The van der Waals surface area contributed by atoms with Gasteiger partial charge in [-0.3, -0.25) is 4.90 Å². The fourth-order valence-corrected chi connectivity index (χ4v) is 4.31. The number of unbranched alkanes of at least 4 members (excludes halogenated alkanes) is 1. The number of ether oxygens (including phenoxy) is 1. The van der Waals surface area contributed by atoms with E-state index in [-0.39, 0.29) is 6.10 Å². The van der Waals surface area contributed by atoms with Crippen molar-refractivity contribution < 1.29 is 9.84 Å². The van der Waals surface area contributed by atoms with Crippen LogP contribution in [0.4, 0.5) is 0 Å². The van der Waals surface area contributed by atoms with Gasteiger partial charge in [-0.05, 0) is 62.4 Å². The van der Waals surface area contributed by atoms with E-state index in [0.717, 1.165) is 54.4 Å². The Morgan fingerprint density at radius 2 is 1.97 bits per heavy atom. The van der Waals surface area contributed by atoms with Gasteiger partial charge in [0.05, 0.1) is 23.0 Å². The first-order chi connectivity index (χ1) is 16.0. The van der Waals surface area contributed by atoms with Crippen molar-refractivity contribution in [2.75, 3.05) is 13.1 Å². The van der Waals surface area contributed by atoms with E-state index in [4.69, 9.17) is 21.4 Å². The summed E-state index contributed by atoms with van der Waals surface area (Å²) in [7, 11) is 0. The molecule has 6 heteroatoms. The Balaban J connectivity index is 1.66. The lowest BCUT2D eigenvalue weighted by Gasteiger charge is -2.25. The van der Waals surface area contributed by atoms with Crippen molar-refractivity contribution in [2.45, 2.75) is 58.6 Å². The molecule has 1 unspecified atom stereocenters. The van der Waals surface area contributed by atoms with Crippen LogP contribution in [0.1, 0.15) is 50.3 Å². The van der Waals surface area contributed by atoms with Gasteiger partial charge in [-0.25, -0.2) is 4.68 Å². The third-order valence-electron chi connectivity index (χ3n) is 6.10. The lowest BCUT2D eigenvalue weighted by molar-refractivity contribution is 0.0965. The van der Waals surface area contributed by atoms with E-state index >= 15 is 0 Å². The van der Waals surface area contributed by atoms with E-state index in [2.05, 4.69) is 11.8 Å². The van der Waals surface area contributed by atoms with Crippen LogP contribution >= 0.6 is 11.6 Å². The number of aryl methyl sites for hydroxylation is 1. The monoisotopic (exact) mass is 467 g/mol. The maximum Gasteiger partial charge on any atom is 0.227 e. The second kappa shape index (κ2) is 11.2. The van der Waals surface area contributed by atoms with Crippen LogP contribution in [0, 0.1) is 12.8 Å². The number of aliphatic hydroxyl groups excluding tert-OH is 1. The highest BCUT2D eigenvalue weighted by Gasteiger charge is 2.28. The van der Waals surface area contributed by atoms with E-state index in [0.29, 0.717) is 24.0 Å². The number of aromatic nitrogens is 2. The molecule has 0 spiro atoms. The first-order valence-electron chi connectivity index (χ1n) is 12.0. The highest BCUT2D eigenvalue weighted by Crippen LogP contribution is 2.34. The molecule has 1 atom stereocenters. The van der Waals surface area contributed by atoms with Gasteiger partial charge in [0, 0.05) is 24.7 Å². The molecule has 2 aromatic carbocycles. The molecular weight excluding hydrogens is 434 g/mol. The lowest BCUT2D eigenvalue weighted by atomic mass is 10.1. The van der Waals surface area contributed by atoms with E-state index < -0.39 is 0 Å². The molecule has 5 nitrogen and oxygen atoms in total. The van der Waals surface area contributed by atoms with Gasteiger partial charge in [-0.2, -0.15) is 5.10 Å². The Kier molecular flexibility index (Phi) is 8.07. The van der Waals surface area contributed by atoms with Crippen molar-refractivity contribution in [3.05, 3.63) is 70.9 Å². The SMILES string of the molecule is CCCCC(O)CN(Cc1c(C)nn(-c2cccc(Cl)c2)c1Oc1ccccc1)CC1CC1. The van der Waals surface area contributed by atoms with Crippen LogP contribution in [0.15, 0.2) is 54.6 Å². The summed E-state index contributed by atoms with van der Waals surface area (Å²) in [5.41, 5.74) is 2.83. The molecule has 0 amide bonds. The lowest BCUT2D eigenvalue weighted by Crippen LogP contribution is -2.34. The van der Waals surface area contributed by atoms with Gasteiger partial charge in [0.2, 0.25) is 5.88 Å². The molecule has 1 heterocycles. The van der Waals surface area contributed by atoms with Crippen molar-refractivity contribution in [1.29, 1.82) is 0 Å². The zero-order valence-corrected chi connectivity index (χ0v) is 20.3. The molecule has 176 valence electrons. The Bertz CT molecular complexity index is 1030. The fraction of sp³-hybridized carbons (Fsp3) is 0.444. The molecular formula is C27H34ClN3O2. The molecule has 1 fully saturated rings. The molecule has 3 aromatic rings. The standard InChI is InChI=1S/C27H34ClN3O2/c1-3-4-11-24(32)18-30(17-21-14-15-21)19-26-20(2)29-31(23-10-8-9-22(28)16-23)27(26)33-25-12-6-5-7-13-25/h5-10,12-13,16,21,24,32H,3-4,11,14-15,17-19H2,1-2H3. The predicted molar refractivity (Wildman–Crippen MR) is 133 cm³/mol. The molecule has 1 aliphatic rings. The van der Waals surface area contributed by atoms with Gasteiger partial charge in [0.25, 0.3) is 0 Å². The Hall–Kier alpha value is -2.34. The average Bonchev–Trinajstić information content (AvgIpc) is 3.57. The molecule has 0 saturated heterocycles. The van der Waals surface area contributed by atoms with Crippen LogP contribution in [0.3, 0.4) is 0 Å². The van der Waals surface area contributed by atoms with Gasteiger partial charge in [-0.1, -0.05) is 55.6 Å². The van der Waals surface area contributed by atoms with Crippen molar-refractivity contribution >= 4 is 11.6 Å². The number of halogens is 1. The molecule has 1 N–H and O–H groups in total. The van der Waals surface area contributed by atoms with Crippen LogP contribution in [0.25, 0.3) is 5.69 Å². The van der Waals surface area contributed by atoms with E-state index in [1.807, 2.05) is 66.2 Å². The molecule has 4 rings (SSSR count). The summed E-state index contributed by atoms with van der Waals surface area (Å²) in [6.07, 6.45) is 5.22.